The molecular weight excluding hydrogens is 337 g/mol. The molecule has 0 heterocycles. The van der Waals surface area contributed by atoms with Crippen LogP contribution in [0.5, 0.6) is 11.5 Å². The lowest BCUT2D eigenvalue weighted by Crippen LogP contribution is -2.32. The van der Waals surface area contributed by atoms with Gasteiger partial charge in [0.05, 0.1) is 5.69 Å². The van der Waals surface area contributed by atoms with Crippen molar-refractivity contribution in [2.24, 2.45) is 0 Å². The van der Waals surface area contributed by atoms with Gasteiger partial charge in [0.15, 0.2) is 5.79 Å². The maximum Gasteiger partial charge on any atom is 0.427 e. The van der Waals surface area contributed by atoms with E-state index in [9.17, 15) is 25.0 Å². The number of phenolic OH excluding ortho intramolecular Hbond substituents is 2. The van der Waals surface area contributed by atoms with Gasteiger partial charge in [-0.05, 0) is 29.8 Å². The molecule has 24 heavy (non-hydrogen) atoms. The van der Waals surface area contributed by atoms with Gasteiger partial charge in [0, 0.05) is 17.5 Å². The van der Waals surface area contributed by atoms with Crippen molar-refractivity contribution in [2.45, 2.75) is 18.6 Å². The van der Waals surface area contributed by atoms with Crippen LogP contribution in [-0.2, 0) is 10.4 Å². The molecule has 130 valence electrons. The average Bonchev–Trinajstić information content (AvgIpc) is 2.45. The molecule has 0 aromatic heterocycles. The summed E-state index contributed by atoms with van der Waals surface area (Å²) in [6, 6.07) is 9.07. The summed E-state index contributed by atoms with van der Waals surface area (Å²) in [7, 11) is -4.73. The molecule has 1 unspecified atom stereocenters. The molecule has 7 N–H and O–H groups in total. The van der Waals surface area contributed by atoms with E-state index in [1.165, 1.54) is 37.3 Å². The highest BCUT2D eigenvalue weighted by molar-refractivity contribution is 7.53. The predicted molar refractivity (Wildman–Crippen MR) is 86.4 cm³/mol. The van der Waals surface area contributed by atoms with Crippen LogP contribution in [0.25, 0.3) is 0 Å². The van der Waals surface area contributed by atoms with Crippen LogP contribution < -0.4 is 5.09 Å². The summed E-state index contributed by atoms with van der Waals surface area (Å²) in [5.74, 6) is -3.69. The highest BCUT2D eigenvalue weighted by Gasteiger charge is 2.37. The second-order valence-electron chi connectivity index (χ2n) is 5.43. The SMILES string of the molecule is CC(c1ccc(O)cc1)C(O)(O)c1ccc(O)cc1NP(=O)(O)O. The van der Waals surface area contributed by atoms with Gasteiger partial charge < -0.3 is 30.2 Å². The van der Waals surface area contributed by atoms with Crippen LogP contribution in [0.1, 0.15) is 24.0 Å². The zero-order valence-electron chi connectivity index (χ0n) is 12.7. The van der Waals surface area contributed by atoms with Crippen LogP contribution in [0, 0.1) is 0 Å². The zero-order valence-corrected chi connectivity index (χ0v) is 13.6. The quantitative estimate of drug-likeness (QED) is 0.315. The number of aliphatic hydroxyl groups is 2. The predicted octanol–water partition coefficient (Wildman–Crippen LogP) is 1.54. The van der Waals surface area contributed by atoms with Crippen molar-refractivity contribution in [3.05, 3.63) is 53.6 Å². The molecule has 0 saturated heterocycles. The summed E-state index contributed by atoms with van der Waals surface area (Å²) in [6.07, 6.45) is 0. The molecule has 0 aliphatic carbocycles. The molecule has 8 nitrogen and oxygen atoms in total. The number of benzene rings is 2. The number of hydrogen-bond acceptors (Lipinski definition) is 5. The number of rotatable bonds is 5. The van der Waals surface area contributed by atoms with Crippen molar-refractivity contribution >= 4 is 13.4 Å². The Hall–Kier alpha value is -2.09. The minimum Gasteiger partial charge on any atom is -0.508 e. The maximum atomic E-state index is 11.2. The number of phenols is 2. The van der Waals surface area contributed by atoms with Crippen LogP contribution in [0.15, 0.2) is 42.5 Å². The van der Waals surface area contributed by atoms with Gasteiger partial charge in [-0.25, -0.2) is 4.57 Å². The maximum absolute atomic E-state index is 11.2. The number of anilines is 1. The molecule has 0 fully saturated rings. The first kappa shape index (κ1) is 18.3. The Morgan fingerprint density at radius 3 is 2.08 bits per heavy atom. The molecule has 2 rings (SSSR count). The Balaban J connectivity index is 2.48. The summed E-state index contributed by atoms with van der Waals surface area (Å²) in [5, 5.41) is 41.8. The average molecular weight is 355 g/mol. The molecule has 0 aliphatic heterocycles. The minimum absolute atomic E-state index is 0.0147. The van der Waals surface area contributed by atoms with E-state index in [1.807, 2.05) is 5.09 Å². The normalized spacial score (nSPS) is 13.5. The van der Waals surface area contributed by atoms with E-state index in [0.29, 0.717) is 5.56 Å². The first-order valence-corrected chi connectivity index (χ1v) is 8.53. The summed E-state index contributed by atoms with van der Waals surface area (Å²) in [5.41, 5.74) is -0.0452. The van der Waals surface area contributed by atoms with Gasteiger partial charge in [0.1, 0.15) is 11.5 Å². The van der Waals surface area contributed by atoms with E-state index >= 15 is 0 Å². The number of aromatic hydroxyl groups is 2. The lowest BCUT2D eigenvalue weighted by molar-refractivity contribution is -0.184. The van der Waals surface area contributed by atoms with E-state index in [-0.39, 0.29) is 22.7 Å². The summed E-state index contributed by atoms with van der Waals surface area (Å²) in [6.45, 7) is 1.50. The molecule has 0 saturated carbocycles. The third-order valence-corrected chi connectivity index (χ3v) is 4.19. The smallest absolute Gasteiger partial charge is 0.427 e. The van der Waals surface area contributed by atoms with Crippen molar-refractivity contribution < 1.29 is 34.8 Å². The van der Waals surface area contributed by atoms with Crippen molar-refractivity contribution in [3.8, 4) is 11.5 Å². The van der Waals surface area contributed by atoms with Gasteiger partial charge in [-0.15, -0.1) is 0 Å². The van der Waals surface area contributed by atoms with E-state index in [2.05, 4.69) is 0 Å². The van der Waals surface area contributed by atoms with Gasteiger partial charge in [-0.2, -0.15) is 0 Å². The number of hydrogen-bond donors (Lipinski definition) is 7. The van der Waals surface area contributed by atoms with Crippen LogP contribution in [-0.4, -0.2) is 30.2 Å². The molecule has 0 spiro atoms. The van der Waals surface area contributed by atoms with Crippen LogP contribution in [0.4, 0.5) is 5.69 Å². The fourth-order valence-corrected chi connectivity index (χ4v) is 2.83. The lowest BCUT2D eigenvalue weighted by atomic mass is 9.86. The topological polar surface area (TPSA) is 150 Å². The summed E-state index contributed by atoms with van der Waals surface area (Å²) < 4.78 is 11.2. The molecule has 0 aliphatic rings. The van der Waals surface area contributed by atoms with Gasteiger partial charge >= 0.3 is 7.75 Å². The second kappa shape index (κ2) is 6.43. The van der Waals surface area contributed by atoms with Gasteiger partial charge in [0.25, 0.3) is 0 Å². The van der Waals surface area contributed by atoms with Crippen molar-refractivity contribution in [2.75, 3.05) is 5.09 Å². The molecular formula is C15H18NO7P. The molecule has 0 bridgehead atoms. The Bertz CT molecular complexity index is 770. The Morgan fingerprint density at radius 2 is 1.54 bits per heavy atom. The van der Waals surface area contributed by atoms with Gasteiger partial charge in [0.2, 0.25) is 0 Å². The molecule has 9 heteroatoms. The van der Waals surface area contributed by atoms with E-state index in [1.54, 1.807) is 0 Å². The van der Waals surface area contributed by atoms with Gasteiger partial charge in [-0.1, -0.05) is 19.1 Å². The third-order valence-electron chi connectivity index (χ3n) is 3.66. The molecule has 1 atom stereocenters. The first-order chi connectivity index (χ1) is 11.0. The van der Waals surface area contributed by atoms with Crippen LogP contribution in [0.3, 0.4) is 0 Å². The summed E-state index contributed by atoms with van der Waals surface area (Å²) in [4.78, 5) is 18.1. The highest BCUT2D eigenvalue weighted by atomic mass is 31.2. The zero-order chi connectivity index (χ0) is 18.1. The lowest BCUT2D eigenvalue weighted by Gasteiger charge is -2.31. The van der Waals surface area contributed by atoms with Gasteiger partial charge in [-0.3, -0.25) is 5.09 Å². The first-order valence-electron chi connectivity index (χ1n) is 6.91. The molecule has 2 aromatic carbocycles. The minimum atomic E-state index is -4.73. The van der Waals surface area contributed by atoms with Crippen LogP contribution in [0.2, 0.25) is 0 Å². The van der Waals surface area contributed by atoms with Crippen LogP contribution >= 0.6 is 7.75 Å². The fraction of sp³-hybridized carbons (Fsp3) is 0.200. The largest absolute Gasteiger partial charge is 0.508 e. The van der Waals surface area contributed by atoms with E-state index in [0.717, 1.165) is 12.1 Å². The standard InChI is InChI=1S/C15H18NO7P/c1-9(10-2-4-11(17)5-3-10)15(19,20)13-7-6-12(18)8-14(13)16-24(21,22)23/h2-9,17-20H,1H3,(H3,16,21,22,23). The van der Waals surface area contributed by atoms with E-state index < -0.39 is 19.5 Å². The van der Waals surface area contributed by atoms with Crippen molar-refractivity contribution in [1.82, 2.24) is 0 Å². The van der Waals surface area contributed by atoms with Crippen molar-refractivity contribution in [1.29, 1.82) is 0 Å². The number of nitrogens with one attached hydrogen (secondary N) is 1. The Kier molecular flexibility index (Phi) is 4.89. The third kappa shape index (κ3) is 4.05. The molecule has 0 radical (unpaired) electrons. The summed E-state index contributed by atoms with van der Waals surface area (Å²) >= 11 is 0. The Labute approximate surface area is 137 Å². The monoisotopic (exact) mass is 355 g/mol. The molecule has 2 aromatic rings. The van der Waals surface area contributed by atoms with E-state index in [4.69, 9.17) is 9.79 Å². The second-order valence-corrected chi connectivity index (χ2v) is 6.74. The molecule has 0 amide bonds. The van der Waals surface area contributed by atoms with Crippen molar-refractivity contribution in [3.63, 3.8) is 0 Å². The fourth-order valence-electron chi connectivity index (χ4n) is 2.33. The highest BCUT2D eigenvalue weighted by Crippen LogP contribution is 2.44. The Morgan fingerprint density at radius 1 is 1.00 bits per heavy atom.